The van der Waals surface area contributed by atoms with Gasteiger partial charge in [0, 0.05) is 23.5 Å². The minimum atomic E-state index is -0.204. The number of pyridine rings is 1. The van der Waals surface area contributed by atoms with Gasteiger partial charge in [-0.15, -0.1) is 0 Å². The summed E-state index contributed by atoms with van der Waals surface area (Å²) in [6, 6.07) is 13.7. The zero-order chi connectivity index (χ0) is 20.5. The summed E-state index contributed by atoms with van der Waals surface area (Å²) < 4.78 is 6.76. The van der Waals surface area contributed by atoms with Gasteiger partial charge in [0.15, 0.2) is 5.82 Å². The number of rotatable bonds is 4. The second kappa shape index (κ2) is 7.52. The van der Waals surface area contributed by atoms with Crippen LogP contribution in [0.15, 0.2) is 58.2 Å². The van der Waals surface area contributed by atoms with Crippen molar-refractivity contribution < 1.29 is 4.52 Å². The maximum atomic E-state index is 12.6. The normalized spacial score (nSPS) is 18.9. The largest absolute Gasteiger partial charge is 0.364 e. The molecule has 2 atom stereocenters. The maximum Gasteiger partial charge on any atom is 0.261 e. The van der Waals surface area contributed by atoms with Crippen molar-refractivity contribution in [3.05, 3.63) is 59.2 Å². The van der Waals surface area contributed by atoms with Crippen LogP contribution >= 0.6 is 0 Å². The molecule has 0 saturated heterocycles. The summed E-state index contributed by atoms with van der Waals surface area (Å²) in [4.78, 5) is 15.4. The van der Waals surface area contributed by atoms with Crippen LogP contribution in [0.25, 0.3) is 22.2 Å². The first kappa shape index (κ1) is 18.2. The Morgan fingerprint density at radius 3 is 2.77 bits per heavy atom. The lowest BCUT2D eigenvalue weighted by molar-refractivity contribution is 0.277. The number of aromatic nitrogens is 4. The van der Waals surface area contributed by atoms with E-state index in [0.717, 1.165) is 48.1 Å². The van der Waals surface area contributed by atoms with Gasteiger partial charge in [-0.25, -0.2) is 0 Å². The lowest BCUT2D eigenvalue weighted by Crippen LogP contribution is -2.23. The van der Waals surface area contributed by atoms with Crippen LogP contribution in [0, 0.1) is 17.2 Å². The fourth-order valence-corrected chi connectivity index (χ4v) is 4.22. The molecule has 4 aromatic rings. The van der Waals surface area contributed by atoms with Crippen molar-refractivity contribution in [3.8, 4) is 17.3 Å². The predicted octanol–water partition coefficient (Wildman–Crippen LogP) is 4.38. The molecule has 1 aromatic carbocycles. The van der Waals surface area contributed by atoms with Crippen LogP contribution in [-0.4, -0.2) is 19.9 Å². The van der Waals surface area contributed by atoms with Crippen LogP contribution in [0.5, 0.6) is 0 Å². The van der Waals surface area contributed by atoms with E-state index in [1.807, 2.05) is 35.0 Å². The molecule has 8 heteroatoms. The lowest BCUT2D eigenvalue weighted by atomic mass is 9.85. The first-order valence-electron chi connectivity index (χ1n) is 10.0. The predicted molar refractivity (Wildman–Crippen MR) is 112 cm³/mol. The molecule has 0 spiro atoms. The van der Waals surface area contributed by atoms with Gasteiger partial charge in [0.2, 0.25) is 0 Å². The quantitative estimate of drug-likeness (QED) is 0.526. The minimum absolute atomic E-state index is 0.0295. The zero-order valence-corrected chi connectivity index (χ0v) is 16.2. The van der Waals surface area contributed by atoms with Crippen LogP contribution in [-0.2, 0) is 0 Å². The SMILES string of the molecule is N#CC1CCCCC1n1nc(Nc2ccc(-c3ccon3)cc2)c2c(=O)[nH]ccc21. The third kappa shape index (κ3) is 3.14. The molecule has 0 aliphatic heterocycles. The first-order valence-corrected chi connectivity index (χ1v) is 10.0. The van der Waals surface area contributed by atoms with E-state index in [4.69, 9.17) is 9.62 Å². The molecule has 1 saturated carbocycles. The number of anilines is 2. The summed E-state index contributed by atoms with van der Waals surface area (Å²) in [5, 5.41) is 22.1. The molecule has 3 aromatic heterocycles. The molecule has 2 N–H and O–H groups in total. The molecule has 0 bridgehead atoms. The van der Waals surface area contributed by atoms with Crippen LogP contribution in [0.2, 0.25) is 0 Å². The maximum absolute atomic E-state index is 12.6. The fraction of sp³-hybridized carbons (Fsp3) is 0.273. The summed E-state index contributed by atoms with van der Waals surface area (Å²) in [6.07, 6.45) is 7.01. The Morgan fingerprint density at radius 2 is 2.00 bits per heavy atom. The van der Waals surface area contributed by atoms with Gasteiger partial charge in [0.05, 0.1) is 23.5 Å². The molecule has 1 aliphatic carbocycles. The molecule has 2 unspecified atom stereocenters. The zero-order valence-electron chi connectivity index (χ0n) is 16.2. The van der Waals surface area contributed by atoms with Crippen LogP contribution in [0.3, 0.4) is 0 Å². The van der Waals surface area contributed by atoms with Crippen molar-refractivity contribution in [2.24, 2.45) is 5.92 Å². The van der Waals surface area contributed by atoms with Crippen molar-refractivity contribution in [1.29, 1.82) is 5.26 Å². The number of nitrogens with zero attached hydrogens (tertiary/aromatic N) is 4. The van der Waals surface area contributed by atoms with Crippen molar-refractivity contribution in [3.63, 3.8) is 0 Å². The summed E-state index contributed by atoms with van der Waals surface area (Å²) >= 11 is 0. The average molecular weight is 400 g/mol. The first-order chi connectivity index (χ1) is 14.7. The molecule has 3 heterocycles. The number of H-pyrrole nitrogens is 1. The molecule has 1 fully saturated rings. The van der Waals surface area contributed by atoms with Crippen LogP contribution < -0.4 is 10.9 Å². The number of aromatic amines is 1. The fourth-order valence-electron chi connectivity index (χ4n) is 4.22. The highest BCUT2D eigenvalue weighted by molar-refractivity contribution is 5.91. The Bertz CT molecular complexity index is 1260. The highest BCUT2D eigenvalue weighted by atomic mass is 16.5. The molecule has 150 valence electrons. The van der Waals surface area contributed by atoms with Gasteiger partial charge in [-0.2, -0.15) is 10.4 Å². The Hall–Kier alpha value is -3.86. The van der Waals surface area contributed by atoms with E-state index in [1.54, 1.807) is 12.3 Å². The van der Waals surface area contributed by atoms with Crippen LogP contribution in [0.1, 0.15) is 31.7 Å². The van der Waals surface area contributed by atoms with E-state index < -0.39 is 0 Å². The summed E-state index contributed by atoms with van der Waals surface area (Å²) in [7, 11) is 0. The summed E-state index contributed by atoms with van der Waals surface area (Å²) in [6.45, 7) is 0. The molecule has 1 aliphatic rings. The lowest BCUT2D eigenvalue weighted by Gasteiger charge is -2.27. The standard InChI is InChI=1S/C22H20N6O2/c23-13-15-3-1-2-4-18(15)28-19-9-11-24-22(29)20(19)21(26-28)25-16-7-5-14(6-8-16)17-10-12-30-27-17/h5-12,15,18H,1-4H2,(H,24,29)(H,25,26). The second-order valence-corrected chi connectivity index (χ2v) is 7.53. The highest BCUT2D eigenvalue weighted by Gasteiger charge is 2.29. The Morgan fingerprint density at radius 1 is 1.17 bits per heavy atom. The van der Waals surface area contributed by atoms with E-state index in [9.17, 15) is 10.1 Å². The van der Waals surface area contributed by atoms with Gasteiger partial charge in [-0.05, 0) is 31.0 Å². The smallest absolute Gasteiger partial charge is 0.261 e. The number of benzene rings is 1. The third-order valence-electron chi connectivity index (χ3n) is 5.72. The molecule has 0 radical (unpaired) electrons. The summed E-state index contributed by atoms with van der Waals surface area (Å²) in [5.41, 5.74) is 3.03. The number of nitrogens with one attached hydrogen (secondary N) is 2. The van der Waals surface area contributed by atoms with Gasteiger partial charge in [0.25, 0.3) is 5.56 Å². The molecular formula is C22H20N6O2. The Kier molecular flexibility index (Phi) is 4.56. The van der Waals surface area contributed by atoms with E-state index in [2.05, 4.69) is 21.5 Å². The van der Waals surface area contributed by atoms with Gasteiger partial charge in [-0.3, -0.25) is 9.48 Å². The molecule has 5 rings (SSSR count). The molecule has 30 heavy (non-hydrogen) atoms. The van der Waals surface area contributed by atoms with E-state index >= 15 is 0 Å². The van der Waals surface area contributed by atoms with Gasteiger partial charge in [-0.1, -0.05) is 30.1 Å². The Balaban J connectivity index is 1.53. The van der Waals surface area contributed by atoms with Gasteiger partial charge >= 0.3 is 0 Å². The van der Waals surface area contributed by atoms with Gasteiger partial charge < -0.3 is 14.8 Å². The second-order valence-electron chi connectivity index (χ2n) is 7.53. The number of fused-ring (bicyclic) bond motifs is 1. The number of hydrogen-bond donors (Lipinski definition) is 2. The molecular weight excluding hydrogens is 380 g/mol. The Labute approximate surface area is 172 Å². The van der Waals surface area contributed by atoms with Crippen molar-refractivity contribution >= 4 is 22.4 Å². The monoisotopic (exact) mass is 400 g/mol. The molecule has 8 nitrogen and oxygen atoms in total. The number of nitriles is 1. The third-order valence-corrected chi connectivity index (χ3v) is 5.72. The minimum Gasteiger partial charge on any atom is -0.364 e. The van der Waals surface area contributed by atoms with Crippen molar-refractivity contribution in [1.82, 2.24) is 19.9 Å². The van der Waals surface area contributed by atoms with E-state index in [-0.39, 0.29) is 17.5 Å². The molecule has 0 amide bonds. The van der Waals surface area contributed by atoms with Crippen molar-refractivity contribution in [2.45, 2.75) is 31.7 Å². The van der Waals surface area contributed by atoms with Gasteiger partial charge in [0.1, 0.15) is 17.3 Å². The van der Waals surface area contributed by atoms with E-state index in [0.29, 0.717) is 11.2 Å². The van der Waals surface area contributed by atoms with Crippen molar-refractivity contribution in [2.75, 3.05) is 5.32 Å². The highest BCUT2D eigenvalue weighted by Crippen LogP contribution is 2.36. The average Bonchev–Trinajstić information content (AvgIpc) is 3.44. The van der Waals surface area contributed by atoms with Crippen LogP contribution in [0.4, 0.5) is 11.5 Å². The topological polar surface area (TPSA) is 113 Å². The summed E-state index contributed by atoms with van der Waals surface area (Å²) in [5.74, 6) is 0.388. The number of hydrogen-bond acceptors (Lipinski definition) is 6. The van der Waals surface area contributed by atoms with E-state index in [1.165, 1.54) is 6.26 Å².